The van der Waals surface area contributed by atoms with Gasteiger partial charge in [0.15, 0.2) is 0 Å². The summed E-state index contributed by atoms with van der Waals surface area (Å²) in [6, 6.07) is 9.27. The molecular formula is C15H19NaO3S. The van der Waals surface area contributed by atoms with Gasteiger partial charge >= 0.3 is 29.6 Å². The third-order valence-corrected chi connectivity index (χ3v) is 4.29. The van der Waals surface area contributed by atoms with E-state index in [-0.39, 0.29) is 34.5 Å². The predicted molar refractivity (Wildman–Crippen MR) is 83.5 cm³/mol. The Kier molecular flexibility index (Phi) is 5.81. The van der Waals surface area contributed by atoms with Crippen molar-refractivity contribution in [3.05, 3.63) is 41.5 Å². The fraction of sp³-hybridized carbons (Fsp3) is 0.333. The molecule has 2 aliphatic carbocycles. The summed E-state index contributed by atoms with van der Waals surface area (Å²) >= 11 is 0. The quantitative estimate of drug-likeness (QED) is 0.700. The zero-order valence-corrected chi connectivity index (χ0v) is 12.2. The van der Waals surface area contributed by atoms with Gasteiger partial charge in [0.25, 0.3) is 10.1 Å². The van der Waals surface area contributed by atoms with Crippen LogP contribution in [-0.4, -0.2) is 42.5 Å². The molecule has 0 bridgehead atoms. The van der Waals surface area contributed by atoms with Crippen LogP contribution in [0, 0.1) is 0 Å². The zero-order chi connectivity index (χ0) is 14.2. The maximum atomic E-state index is 11.5. The molecule has 0 saturated carbocycles. The van der Waals surface area contributed by atoms with Gasteiger partial charge in [-0.05, 0) is 41.2 Å². The molecule has 0 unspecified atom stereocenters. The van der Waals surface area contributed by atoms with Crippen LogP contribution in [0.5, 0.6) is 0 Å². The van der Waals surface area contributed by atoms with Gasteiger partial charge < -0.3 is 0 Å². The van der Waals surface area contributed by atoms with Crippen molar-refractivity contribution in [1.82, 2.24) is 0 Å². The standard InChI is InChI=1S/C15H18O3S.Na.H/c1-4-11-9-15(19(16,17)18)14-8-12(10(2)3)6-5-7-13(11)14;;/h5-10H,4H2,1-3H3,(H,16,17,18);;. The summed E-state index contributed by atoms with van der Waals surface area (Å²) in [5.74, 6) is 0.296. The molecule has 0 radical (unpaired) electrons. The fourth-order valence-corrected chi connectivity index (χ4v) is 3.04. The van der Waals surface area contributed by atoms with E-state index in [4.69, 9.17) is 0 Å². The van der Waals surface area contributed by atoms with Gasteiger partial charge in [-0.15, -0.1) is 0 Å². The van der Waals surface area contributed by atoms with Crippen LogP contribution < -0.4 is 0 Å². The molecule has 0 amide bonds. The van der Waals surface area contributed by atoms with Crippen LogP contribution in [0.15, 0.2) is 35.2 Å². The second-order valence-corrected chi connectivity index (χ2v) is 6.40. The molecule has 0 aliphatic heterocycles. The molecule has 0 aromatic heterocycles. The van der Waals surface area contributed by atoms with Gasteiger partial charge in [0.1, 0.15) is 4.90 Å². The number of rotatable bonds is 3. The maximum absolute atomic E-state index is 11.5. The molecule has 0 spiro atoms. The van der Waals surface area contributed by atoms with Crippen molar-refractivity contribution >= 4 is 39.7 Å². The van der Waals surface area contributed by atoms with Crippen molar-refractivity contribution in [3.63, 3.8) is 0 Å². The van der Waals surface area contributed by atoms with E-state index in [2.05, 4.69) is 13.8 Å². The molecule has 104 valence electrons. The number of fused-ring (bicyclic) bond motifs is 1. The van der Waals surface area contributed by atoms with Gasteiger partial charge in [0.2, 0.25) is 0 Å². The average molecular weight is 302 g/mol. The van der Waals surface area contributed by atoms with Crippen molar-refractivity contribution in [2.75, 3.05) is 0 Å². The summed E-state index contributed by atoms with van der Waals surface area (Å²) < 4.78 is 32.4. The Morgan fingerprint density at radius 1 is 1.15 bits per heavy atom. The minimum absolute atomic E-state index is 0. The molecule has 2 rings (SSSR count). The van der Waals surface area contributed by atoms with Crippen molar-refractivity contribution in [1.29, 1.82) is 0 Å². The third kappa shape index (κ3) is 3.43. The van der Waals surface area contributed by atoms with E-state index in [1.165, 1.54) is 0 Å². The Labute approximate surface area is 142 Å². The topological polar surface area (TPSA) is 54.4 Å². The van der Waals surface area contributed by atoms with Crippen molar-refractivity contribution in [2.45, 2.75) is 38.0 Å². The molecule has 5 heteroatoms. The van der Waals surface area contributed by atoms with Gasteiger partial charge in [-0.3, -0.25) is 4.55 Å². The molecule has 0 atom stereocenters. The summed E-state index contributed by atoms with van der Waals surface area (Å²) in [4.78, 5) is 0.0115. The number of aryl methyl sites for hydroxylation is 1. The molecule has 0 heterocycles. The molecule has 3 nitrogen and oxygen atoms in total. The average Bonchev–Trinajstić information content (AvgIpc) is 2.52. The normalized spacial score (nSPS) is 11.7. The summed E-state index contributed by atoms with van der Waals surface area (Å²) in [6.45, 7) is 6.08. The predicted octanol–water partition coefficient (Wildman–Crippen LogP) is 3.08. The first kappa shape index (κ1) is 17.7. The van der Waals surface area contributed by atoms with Gasteiger partial charge in [-0.2, -0.15) is 8.42 Å². The number of hydrogen-bond donors (Lipinski definition) is 1. The van der Waals surface area contributed by atoms with Gasteiger partial charge in [0.05, 0.1) is 0 Å². The SMILES string of the molecule is CCc1cc(S(=O)(=O)O)c2cc(C(C)C)cccc1-2.[NaH]. The van der Waals surface area contributed by atoms with Crippen molar-refractivity contribution in [3.8, 4) is 11.1 Å². The van der Waals surface area contributed by atoms with Gasteiger partial charge in [-0.25, -0.2) is 0 Å². The Hall–Kier alpha value is -0.390. The van der Waals surface area contributed by atoms with Crippen LogP contribution in [-0.2, 0) is 16.5 Å². The van der Waals surface area contributed by atoms with Crippen LogP contribution in [0.25, 0.3) is 11.1 Å². The van der Waals surface area contributed by atoms with E-state index in [1.807, 2.05) is 31.2 Å². The van der Waals surface area contributed by atoms with Gasteiger partial charge in [0, 0.05) is 5.56 Å². The van der Waals surface area contributed by atoms with E-state index in [9.17, 15) is 13.0 Å². The van der Waals surface area contributed by atoms with E-state index in [0.29, 0.717) is 11.5 Å². The van der Waals surface area contributed by atoms with Gasteiger partial charge in [-0.1, -0.05) is 39.0 Å². The van der Waals surface area contributed by atoms with E-state index in [0.717, 1.165) is 23.1 Å². The second kappa shape index (κ2) is 6.58. The summed E-state index contributed by atoms with van der Waals surface area (Å²) in [6.07, 6.45) is 0.729. The molecule has 20 heavy (non-hydrogen) atoms. The summed E-state index contributed by atoms with van der Waals surface area (Å²) in [5, 5.41) is 0. The molecule has 2 aliphatic rings. The van der Waals surface area contributed by atoms with E-state index >= 15 is 0 Å². The second-order valence-electron chi connectivity index (χ2n) is 5.01. The Bertz CT molecular complexity index is 678. The molecule has 0 aromatic carbocycles. The molecule has 0 saturated heterocycles. The first-order valence-corrected chi connectivity index (χ1v) is 7.81. The number of hydrogen-bond acceptors (Lipinski definition) is 2. The van der Waals surface area contributed by atoms with Crippen LogP contribution in [0.2, 0.25) is 0 Å². The fourth-order valence-electron chi connectivity index (χ4n) is 2.30. The third-order valence-electron chi connectivity index (χ3n) is 3.39. The Balaban J connectivity index is 0.00000200. The summed E-state index contributed by atoms with van der Waals surface area (Å²) in [5.41, 5.74) is 3.48. The molecule has 0 fully saturated rings. The Morgan fingerprint density at radius 3 is 2.30 bits per heavy atom. The molecule has 1 N–H and O–H groups in total. The first-order chi connectivity index (χ1) is 8.84. The zero-order valence-electron chi connectivity index (χ0n) is 11.3. The van der Waals surface area contributed by atoms with E-state index in [1.54, 1.807) is 6.07 Å². The first-order valence-electron chi connectivity index (χ1n) is 6.37. The van der Waals surface area contributed by atoms with Crippen LogP contribution in [0.3, 0.4) is 0 Å². The molecular weight excluding hydrogens is 283 g/mol. The van der Waals surface area contributed by atoms with Crippen LogP contribution in [0.4, 0.5) is 0 Å². The van der Waals surface area contributed by atoms with Crippen LogP contribution >= 0.6 is 0 Å². The van der Waals surface area contributed by atoms with E-state index < -0.39 is 10.1 Å². The summed E-state index contributed by atoms with van der Waals surface area (Å²) in [7, 11) is -4.19. The van der Waals surface area contributed by atoms with Crippen molar-refractivity contribution in [2.24, 2.45) is 0 Å². The minimum atomic E-state index is -4.19. The van der Waals surface area contributed by atoms with Crippen molar-refractivity contribution < 1.29 is 13.0 Å². The molecule has 0 aromatic rings. The van der Waals surface area contributed by atoms with Crippen LogP contribution in [0.1, 0.15) is 37.8 Å². The Morgan fingerprint density at radius 2 is 1.80 bits per heavy atom. The monoisotopic (exact) mass is 302 g/mol.